The lowest BCUT2D eigenvalue weighted by Crippen LogP contribution is -2.35. The summed E-state index contributed by atoms with van der Waals surface area (Å²) in [5.74, 6) is -1.85. The normalized spacial score (nSPS) is 10.0. The molecule has 0 aliphatic heterocycles. The van der Waals surface area contributed by atoms with Gasteiger partial charge in [-0.25, -0.2) is 4.39 Å². The molecule has 0 saturated heterocycles. The van der Waals surface area contributed by atoms with Crippen molar-refractivity contribution in [1.82, 2.24) is 0 Å². The summed E-state index contributed by atoms with van der Waals surface area (Å²) in [6.45, 7) is -0.332. The van der Waals surface area contributed by atoms with Crippen molar-refractivity contribution in [2.45, 2.75) is 12.8 Å². The topological polar surface area (TPSA) is 70.4 Å². The Balaban J connectivity index is 1.99. The third-order valence-corrected chi connectivity index (χ3v) is 3.91. The summed E-state index contributed by atoms with van der Waals surface area (Å²) in [5, 5.41) is 8.88. The lowest BCUT2D eigenvalue weighted by Gasteiger charge is -2.21. The van der Waals surface area contributed by atoms with E-state index in [9.17, 15) is 14.0 Å². The number of carbonyl (C=O) groups excluding carboxylic acids is 2. The van der Waals surface area contributed by atoms with Crippen LogP contribution in [0.5, 0.6) is 0 Å². The predicted octanol–water partition coefficient (Wildman–Crippen LogP) is 3.51. The van der Waals surface area contributed by atoms with E-state index in [-0.39, 0.29) is 30.0 Å². The number of carbonyl (C=O) groups is 2. The van der Waals surface area contributed by atoms with E-state index >= 15 is 0 Å². The molecule has 0 aromatic heterocycles. The molecule has 0 bridgehead atoms. The molecular weight excluding hydrogens is 359 g/mol. The smallest absolute Gasteiger partial charge is 0.310 e. The van der Waals surface area contributed by atoms with Gasteiger partial charge >= 0.3 is 5.97 Å². The third kappa shape index (κ3) is 5.30. The first-order chi connectivity index (χ1) is 12.5. The van der Waals surface area contributed by atoms with Gasteiger partial charge in [-0.15, -0.1) is 0 Å². The van der Waals surface area contributed by atoms with E-state index in [1.807, 2.05) is 6.07 Å². The van der Waals surface area contributed by atoms with Crippen molar-refractivity contribution in [3.63, 3.8) is 0 Å². The summed E-state index contributed by atoms with van der Waals surface area (Å²) in [7, 11) is 0. The maximum atomic E-state index is 13.7. The van der Waals surface area contributed by atoms with Crippen molar-refractivity contribution < 1.29 is 18.7 Å². The molecule has 0 fully saturated rings. The van der Waals surface area contributed by atoms with Gasteiger partial charge < -0.3 is 9.64 Å². The minimum Gasteiger partial charge on any atom is -0.455 e. The van der Waals surface area contributed by atoms with Crippen LogP contribution in [0.2, 0.25) is 5.02 Å². The van der Waals surface area contributed by atoms with Crippen LogP contribution in [0.3, 0.4) is 0 Å². The van der Waals surface area contributed by atoms with E-state index in [1.165, 1.54) is 23.1 Å². The summed E-state index contributed by atoms with van der Waals surface area (Å²) in [6.07, 6.45) is -0.234. The number of anilines is 1. The molecule has 0 spiro atoms. The van der Waals surface area contributed by atoms with Crippen molar-refractivity contribution >= 4 is 29.2 Å². The Morgan fingerprint density at radius 2 is 1.88 bits per heavy atom. The standard InChI is InChI=1S/C19H16ClFN2O3/c20-16-8-4-9-17(21)15(16)12-19(25)26-13-18(24)23(11-5-10-22)14-6-2-1-3-7-14/h1-4,6-9H,5,11-13H2. The van der Waals surface area contributed by atoms with Gasteiger partial charge in [0.25, 0.3) is 5.91 Å². The fourth-order valence-corrected chi connectivity index (χ4v) is 2.51. The number of esters is 1. The molecule has 1 amide bonds. The number of hydrogen-bond donors (Lipinski definition) is 0. The molecular formula is C19H16ClFN2O3. The molecule has 0 aliphatic rings. The van der Waals surface area contributed by atoms with E-state index in [1.54, 1.807) is 30.3 Å². The van der Waals surface area contributed by atoms with E-state index in [0.717, 1.165) is 0 Å². The lowest BCUT2D eigenvalue weighted by molar-refractivity contribution is -0.147. The maximum Gasteiger partial charge on any atom is 0.310 e. The van der Waals surface area contributed by atoms with Gasteiger partial charge in [-0.1, -0.05) is 35.9 Å². The average molecular weight is 375 g/mol. The molecule has 0 aliphatic carbocycles. The number of hydrogen-bond acceptors (Lipinski definition) is 4. The number of rotatable bonds is 7. The second-order valence-electron chi connectivity index (χ2n) is 5.33. The van der Waals surface area contributed by atoms with Crippen molar-refractivity contribution in [3.05, 3.63) is 64.9 Å². The summed E-state index contributed by atoms with van der Waals surface area (Å²) in [6, 6.07) is 14.8. The number of nitrogens with zero attached hydrogens (tertiary/aromatic N) is 2. The van der Waals surface area contributed by atoms with E-state index < -0.39 is 24.3 Å². The van der Waals surface area contributed by atoms with E-state index in [4.69, 9.17) is 21.6 Å². The molecule has 0 N–H and O–H groups in total. The predicted molar refractivity (Wildman–Crippen MR) is 95.1 cm³/mol. The molecule has 26 heavy (non-hydrogen) atoms. The summed E-state index contributed by atoms with van der Waals surface area (Å²) < 4.78 is 18.7. The molecule has 2 aromatic carbocycles. The maximum absolute atomic E-state index is 13.7. The average Bonchev–Trinajstić information content (AvgIpc) is 2.64. The van der Waals surface area contributed by atoms with Gasteiger partial charge in [0.2, 0.25) is 0 Å². The lowest BCUT2D eigenvalue weighted by atomic mass is 10.1. The number of nitriles is 1. The fraction of sp³-hybridized carbons (Fsp3) is 0.211. The van der Waals surface area contributed by atoms with Crippen LogP contribution < -0.4 is 4.90 Å². The van der Waals surface area contributed by atoms with Gasteiger partial charge in [-0.2, -0.15) is 5.26 Å². The molecule has 7 heteroatoms. The quantitative estimate of drug-likeness (QED) is 0.695. The van der Waals surface area contributed by atoms with Crippen LogP contribution in [-0.4, -0.2) is 25.0 Å². The highest BCUT2D eigenvalue weighted by atomic mass is 35.5. The van der Waals surface area contributed by atoms with E-state index in [2.05, 4.69) is 0 Å². The van der Waals surface area contributed by atoms with Crippen LogP contribution in [0.15, 0.2) is 48.5 Å². The largest absolute Gasteiger partial charge is 0.455 e. The Labute approximate surface area is 155 Å². The van der Waals surface area contributed by atoms with Gasteiger partial charge in [-0.05, 0) is 24.3 Å². The minimum absolute atomic E-state index is 0.0241. The Kier molecular flexibility index (Phi) is 7.12. The third-order valence-electron chi connectivity index (χ3n) is 3.56. The molecule has 134 valence electrons. The number of para-hydroxylation sites is 1. The number of benzene rings is 2. The van der Waals surface area contributed by atoms with Gasteiger partial charge in [0, 0.05) is 22.8 Å². The van der Waals surface area contributed by atoms with Crippen molar-refractivity contribution in [2.75, 3.05) is 18.1 Å². The van der Waals surface area contributed by atoms with Gasteiger partial charge in [0.05, 0.1) is 18.9 Å². The number of halogens is 2. The molecule has 2 rings (SSSR count). The minimum atomic E-state index is -0.765. The first kappa shape index (κ1) is 19.4. The van der Waals surface area contributed by atoms with Gasteiger partial charge in [0.1, 0.15) is 5.82 Å². The Morgan fingerprint density at radius 1 is 1.15 bits per heavy atom. The zero-order valence-corrected chi connectivity index (χ0v) is 14.6. The Morgan fingerprint density at radius 3 is 2.54 bits per heavy atom. The van der Waals surface area contributed by atoms with Crippen LogP contribution >= 0.6 is 11.6 Å². The molecule has 0 heterocycles. The number of ether oxygens (including phenoxy) is 1. The molecule has 0 radical (unpaired) electrons. The SMILES string of the molecule is N#CCCN(C(=O)COC(=O)Cc1c(F)cccc1Cl)c1ccccc1. The Bertz CT molecular complexity index is 801. The summed E-state index contributed by atoms with van der Waals surface area (Å²) in [4.78, 5) is 25.7. The van der Waals surface area contributed by atoms with Crippen LogP contribution in [0.4, 0.5) is 10.1 Å². The van der Waals surface area contributed by atoms with Gasteiger partial charge in [0.15, 0.2) is 6.61 Å². The second kappa shape index (κ2) is 9.54. The van der Waals surface area contributed by atoms with Gasteiger partial charge in [-0.3, -0.25) is 9.59 Å². The number of amides is 1. The Hall–Kier alpha value is -2.91. The first-order valence-corrected chi connectivity index (χ1v) is 8.21. The zero-order valence-electron chi connectivity index (χ0n) is 13.8. The van der Waals surface area contributed by atoms with Crippen LogP contribution in [0, 0.1) is 17.1 Å². The molecule has 0 unspecified atom stereocenters. The molecule has 0 atom stereocenters. The second-order valence-corrected chi connectivity index (χ2v) is 5.73. The van der Waals surface area contributed by atoms with Crippen LogP contribution in [0.25, 0.3) is 0 Å². The highest BCUT2D eigenvalue weighted by Gasteiger charge is 2.19. The van der Waals surface area contributed by atoms with Crippen LogP contribution in [0.1, 0.15) is 12.0 Å². The fourth-order valence-electron chi connectivity index (χ4n) is 2.28. The highest BCUT2D eigenvalue weighted by Crippen LogP contribution is 2.20. The first-order valence-electron chi connectivity index (χ1n) is 7.83. The zero-order chi connectivity index (χ0) is 18.9. The van der Waals surface area contributed by atoms with Crippen molar-refractivity contribution in [1.29, 1.82) is 5.26 Å². The molecule has 5 nitrogen and oxygen atoms in total. The summed E-state index contributed by atoms with van der Waals surface area (Å²) >= 11 is 5.87. The van der Waals surface area contributed by atoms with Crippen molar-refractivity contribution in [2.24, 2.45) is 0 Å². The highest BCUT2D eigenvalue weighted by molar-refractivity contribution is 6.31. The monoisotopic (exact) mass is 374 g/mol. The molecule has 0 saturated carbocycles. The van der Waals surface area contributed by atoms with Crippen molar-refractivity contribution in [3.8, 4) is 6.07 Å². The van der Waals surface area contributed by atoms with E-state index in [0.29, 0.717) is 5.69 Å². The molecule has 2 aromatic rings. The van der Waals surface area contributed by atoms with Crippen LogP contribution in [-0.2, 0) is 20.7 Å². The summed E-state index contributed by atoms with van der Waals surface area (Å²) in [5.41, 5.74) is 0.622.